The normalized spacial score (nSPS) is 10.4. The van der Waals surface area contributed by atoms with E-state index in [1.807, 2.05) is 6.92 Å². The Morgan fingerprint density at radius 3 is 2.67 bits per heavy atom. The lowest BCUT2D eigenvalue weighted by atomic mass is 10.1. The van der Waals surface area contributed by atoms with Gasteiger partial charge in [-0.15, -0.1) is 0 Å². The first kappa shape index (κ1) is 12.3. The van der Waals surface area contributed by atoms with E-state index in [1.54, 1.807) is 24.0 Å². The Labute approximate surface area is 104 Å². The Kier molecular flexibility index (Phi) is 3.14. The molecule has 0 saturated heterocycles. The molecular formula is C13H13FN2O2. The molecule has 0 spiro atoms. The summed E-state index contributed by atoms with van der Waals surface area (Å²) in [6.07, 6.45) is 1.71. The highest BCUT2D eigenvalue weighted by molar-refractivity contribution is 5.90. The van der Waals surface area contributed by atoms with Gasteiger partial charge in [-0.2, -0.15) is 5.10 Å². The number of hydrogen-bond donors (Lipinski definition) is 0. The van der Waals surface area contributed by atoms with Crippen molar-refractivity contribution in [3.8, 4) is 11.3 Å². The monoisotopic (exact) mass is 248 g/mol. The SMILES string of the molecule is COC(=O)c1ccc(-c2c(C)cnn2C)cc1F. The number of hydrogen-bond acceptors (Lipinski definition) is 3. The molecule has 18 heavy (non-hydrogen) atoms. The number of methoxy groups -OCH3 is 1. The van der Waals surface area contributed by atoms with Crippen molar-refractivity contribution in [1.29, 1.82) is 0 Å². The van der Waals surface area contributed by atoms with E-state index in [1.165, 1.54) is 19.2 Å². The van der Waals surface area contributed by atoms with Crippen molar-refractivity contribution in [2.75, 3.05) is 7.11 Å². The van der Waals surface area contributed by atoms with Crippen LogP contribution < -0.4 is 0 Å². The maximum Gasteiger partial charge on any atom is 0.340 e. The van der Waals surface area contributed by atoms with Gasteiger partial charge in [0.2, 0.25) is 0 Å². The van der Waals surface area contributed by atoms with Crippen molar-refractivity contribution >= 4 is 5.97 Å². The fourth-order valence-corrected chi connectivity index (χ4v) is 1.90. The predicted molar refractivity (Wildman–Crippen MR) is 64.7 cm³/mol. The van der Waals surface area contributed by atoms with Gasteiger partial charge in [-0.3, -0.25) is 4.68 Å². The fraction of sp³-hybridized carbons (Fsp3) is 0.231. The summed E-state index contributed by atoms with van der Waals surface area (Å²) in [4.78, 5) is 11.3. The first-order valence-corrected chi connectivity index (χ1v) is 5.41. The summed E-state index contributed by atoms with van der Waals surface area (Å²) in [7, 11) is 3.01. The van der Waals surface area contributed by atoms with Crippen LogP contribution in [0.25, 0.3) is 11.3 Å². The summed E-state index contributed by atoms with van der Waals surface area (Å²) < 4.78 is 20.0. The average Bonchev–Trinajstić information content (AvgIpc) is 2.68. The van der Waals surface area contributed by atoms with E-state index in [9.17, 15) is 9.18 Å². The molecule has 0 N–H and O–H groups in total. The van der Waals surface area contributed by atoms with Crippen LogP contribution in [-0.2, 0) is 11.8 Å². The molecule has 0 amide bonds. The van der Waals surface area contributed by atoms with Crippen LogP contribution in [0.4, 0.5) is 4.39 Å². The molecular weight excluding hydrogens is 235 g/mol. The molecule has 1 aromatic heterocycles. The van der Waals surface area contributed by atoms with E-state index in [4.69, 9.17) is 0 Å². The van der Waals surface area contributed by atoms with Crippen molar-refractivity contribution in [1.82, 2.24) is 9.78 Å². The van der Waals surface area contributed by atoms with Crippen LogP contribution in [0.1, 0.15) is 15.9 Å². The first-order chi connectivity index (χ1) is 8.54. The lowest BCUT2D eigenvalue weighted by molar-refractivity contribution is 0.0595. The fourth-order valence-electron chi connectivity index (χ4n) is 1.90. The summed E-state index contributed by atoms with van der Waals surface area (Å²) in [5, 5.41) is 4.10. The number of carbonyl (C=O) groups excluding carboxylic acids is 1. The molecule has 0 aliphatic carbocycles. The minimum Gasteiger partial charge on any atom is -0.465 e. The van der Waals surface area contributed by atoms with E-state index >= 15 is 0 Å². The van der Waals surface area contributed by atoms with Gasteiger partial charge in [-0.25, -0.2) is 9.18 Å². The molecule has 1 heterocycles. The number of benzene rings is 1. The van der Waals surface area contributed by atoms with Crippen LogP contribution in [0.2, 0.25) is 0 Å². The van der Waals surface area contributed by atoms with Crippen molar-refractivity contribution in [3.05, 3.63) is 41.3 Å². The molecule has 94 valence electrons. The second kappa shape index (κ2) is 4.60. The molecule has 0 saturated carbocycles. The van der Waals surface area contributed by atoms with Gasteiger partial charge in [0.25, 0.3) is 0 Å². The number of nitrogens with zero attached hydrogens (tertiary/aromatic N) is 2. The van der Waals surface area contributed by atoms with Crippen molar-refractivity contribution < 1.29 is 13.9 Å². The van der Waals surface area contributed by atoms with Gasteiger partial charge in [-0.05, 0) is 24.6 Å². The van der Waals surface area contributed by atoms with Gasteiger partial charge in [0, 0.05) is 12.6 Å². The molecule has 0 aliphatic rings. The van der Waals surface area contributed by atoms with Crippen molar-refractivity contribution in [2.24, 2.45) is 7.05 Å². The molecule has 0 fully saturated rings. The smallest absolute Gasteiger partial charge is 0.340 e. The van der Waals surface area contributed by atoms with Crippen LogP contribution in [0.15, 0.2) is 24.4 Å². The zero-order chi connectivity index (χ0) is 13.3. The van der Waals surface area contributed by atoms with E-state index in [0.717, 1.165) is 11.3 Å². The van der Waals surface area contributed by atoms with Gasteiger partial charge in [0.05, 0.1) is 24.6 Å². The highest BCUT2D eigenvalue weighted by Crippen LogP contribution is 2.24. The van der Waals surface area contributed by atoms with Gasteiger partial charge in [0.15, 0.2) is 0 Å². The number of aryl methyl sites for hydroxylation is 2. The largest absolute Gasteiger partial charge is 0.465 e. The molecule has 1 aromatic carbocycles. The number of rotatable bonds is 2. The van der Waals surface area contributed by atoms with Crippen LogP contribution >= 0.6 is 0 Å². The molecule has 5 heteroatoms. The topological polar surface area (TPSA) is 44.1 Å². The highest BCUT2D eigenvalue weighted by atomic mass is 19.1. The van der Waals surface area contributed by atoms with Crippen LogP contribution in [-0.4, -0.2) is 22.9 Å². The second-order valence-electron chi connectivity index (χ2n) is 3.99. The summed E-state index contributed by atoms with van der Waals surface area (Å²) in [5.41, 5.74) is 2.38. The third kappa shape index (κ3) is 1.99. The maximum atomic E-state index is 13.8. The van der Waals surface area contributed by atoms with E-state index < -0.39 is 11.8 Å². The lowest BCUT2D eigenvalue weighted by Crippen LogP contribution is -2.05. The van der Waals surface area contributed by atoms with Gasteiger partial charge in [-0.1, -0.05) is 6.07 Å². The number of halogens is 1. The molecule has 0 atom stereocenters. The molecule has 2 rings (SSSR count). The second-order valence-corrected chi connectivity index (χ2v) is 3.99. The Morgan fingerprint density at radius 1 is 1.44 bits per heavy atom. The van der Waals surface area contributed by atoms with Gasteiger partial charge < -0.3 is 4.74 Å². The predicted octanol–water partition coefficient (Wildman–Crippen LogP) is 2.32. The Bertz CT molecular complexity index is 586. The summed E-state index contributed by atoms with van der Waals surface area (Å²) in [5.74, 6) is -1.28. The number of esters is 1. The third-order valence-corrected chi connectivity index (χ3v) is 2.77. The van der Waals surface area contributed by atoms with Crippen LogP contribution in [0.3, 0.4) is 0 Å². The Morgan fingerprint density at radius 2 is 2.17 bits per heavy atom. The minimum absolute atomic E-state index is 0.0685. The first-order valence-electron chi connectivity index (χ1n) is 5.41. The standard InChI is InChI=1S/C13H13FN2O2/c1-8-7-15-16(2)12(8)9-4-5-10(11(14)6-9)13(17)18-3/h4-7H,1-3H3. The van der Waals surface area contributed by atoms with Crippen molar-refractivity contribution in [2.45, 2.75) is 6.92 Å². The number of carbonyl (C=O) groups is 1. The van der Waals surface area contributed by atoms with E-state index in [2.05, 4.69) is 9.84 Å². The van der Waals surface area contributed by atoms with Gasteiger partial charge in [0.1, 0.15) is 5.82 Å². The molecule has 0 aliphatic heterocycles. The molecule has 0 bridgehead atoms. The zero-order valence-corrected chi connectivity index (χ0v) is 10.4. The number of ether oxygens (including phenoxy) is 1. The van der Waals surface area contributed by atoms with E-state index in [0.29, 0.717) is 5.56 Å². The summed E-state index contributed by atoms with van der Waals surface area (Å²) >= 11 is 0. The Balaban J connectivity index is 2.50. The van der Waals surface area contributed by atoms with Crippen LogP contribution in [0.5, 0.6) is 0 Å². The molecule has 4 nitrogen and oxygen atoms in total. The average molecular weight is 248 g/mol. The van der Waals surface area contributed by atoms with Gasteiger partial charge >= 0.3 is 5.97 Å². The number of aromatic nitrogens is 2. The molecule has 0 unspecified atom stereocenters. The van der Waals surface area contributed by atoms with E-state index in [-0.39, 0.29) is 5.56 Å². The minimum atomic E-state index is -0.680. The molecule has 2 aromatic rings. The Hall–Kier alpha value is -2.17. The third-order valence-electron chi connectivity index (χ3n) is 2.77. The van der Waals surface area contributed by atoms with Crippen LogP contribution in [0, 0.1) is 12.7 Å². The lowest BCUT2D eigenvalue weighted by Gasteiger charge is -2.06. The van der Waals surface area contributed by atoms with Crippen molar-refractivity contribution in [3.63, 3.8) is 0 Å². The molecule has 0 radical (unpaired) electrons. The highest BCUT2D eigenvalue weighted by Gasteiger charge is 2.15. The zero-order valence-electron chi connectivity index (χ0n) is 10.4. The quantitative estimate of drug-likeness (QED) is 0.766. The summed E-state index contributed by atoms with van der Waals surface area (Å²) in [6.45, 7) is 1.90. The summed E-state index contributed by atoms with van der Waals surface area (Å²) in [6, 6.07) is 4.42. The maximum absolute atomic E-state index is 13.8.